The molecular weight excluding hydrogens is 432 g/mol. The quantitative estimate of drug-likeness (QED) is 0.597. The summed E-state index contributed by atoms with van der Waals surface area (Å²) < 4.78 is 18.6. The number of amides is 2. The van der Waals surface area contributed by atoms with Gasteiger partial charge in [0.15, 0.2) is 0 Å². The zero-order valence-electron chi connectivity index (χ0n) is 15.6. The van der Waals surface area contributed by atoms with Crippen LogP contribution in [0.25, 0.3) is 11.3 Å². The molecule has 2 aromatic carbocycles. The van der Waals surface area contributed by atoms with Crippen molar-refractivity contribution in [2.24, 2.45) is 0 Å². The Hall–Kier alpha value is -2.90. The molecular formula is C21H16Cl2FN3O3. The van der Waals surface area contributed by atoms with Crippen LogP contribution < -0.4 is 0 Å². The Morgan fingerprint density at radius 2 is 1.53 bits per heavy atom. The number of aromatic nitrogens is 1. The number of nitrogens with zero attached hydrogens (tertiary/aromatic N) is 3. The van der Waals surface area contributed by atoms with E-state index >= 15 is 0 Å². The summed E-state index contributed by atoms with van der Waals surface area (Å²) in [7, 11) is 0. The topological polar surface area (TPSA) is 66.7 Å². The highest BCUT2D eigenvalue weighted by Gasteiger charge is 2.28. The highest BCUT2D eigenvalue weighted by Crippen LogP contribution is 2.23. The average Bonchev–Trinajstić information content (AvgIpc) is 3.22. The van der Waals surface area contributed by atoms with E-state index in [2.05, 4.69) is 5.16 Å². The van der Waals surface area contributed by atoms with E-state index in [4.69, 9.17) is 27.7 Å². The van der Waals surface area contributed by atoms with E-state index in [-0.39, 0.29) is 17.6 Å². The van der Waals surface area contributed by atoms with Crippen molar-refractivity contribution in [2.75, 3.05) is 26.2 Å². The van der Waals surface area contributed by atoms with Gasteiger partial charge in [-0.25, -0.2) is 4.39 Å². The van der Waals surface area contributed by atoms with Crippen LogP contribution in [0, 0.1) is 5.82 Å². The van der Waals surface area contributed by atoms with Gasteiger partial charge in [0.25, 0.3) is 11.8 Å². The van der Waals surface area contributed by atoms with Gasteiger partial charge in [0.2, 0.25) is 5.76 Å². The number of carbonyl (C=O) groups excluding carboxylic acids is 2. The minimum Gasteiger partial charge on any atom is -0.350 e. The van der Waals surface area contributed by atoms with Gasteiger partial charge in [0, 0.05) is 53.4 Å². The van der Waals surface area contributed by atoms with Crippen LogP contribution in [0.4, 0.5) is 4.39 Å². The summed E-state index contributed by atoms with van der Waals surface area (Å²) in [6, 6.07) is 12.1. The van der Waals surface area contributed by atoms with E-state index < -0.39 is 5.82 Å². The zero-order valence-corrected chi connectivity index (χ0v) is 17.2. The molecule has 6 nitrogen and oxygen atoms in total. The fraction of sp³-hybridized carbons (Fsp3) is 0.190. The number of piperazine rings is 1. The standard InChI is InChI=1S/C21H16Cl2FN3O3/c22-15-8-14(9-16(23)11-15)20(28)26-4-6-27(7-5-26)21(29)19-12-18(25-30-19)13-2-1-3-17(24)10-13/h1-3,8-12H,4-7H2. The predicted molar refractivity (Wildman–Crippen MR) is 110 cm³/mol. The number of benzene rings is 2. The van der Waals surface area contributed by atoms with E-state index in [0.29, 0.717) is 53.0 Å². The van der Waals surface area contributed by atoms with Crippen molar-refractivity contribution < 1.29 is 18.5 Å². The van der Waals surface area contributed by atoms with Crippen LogP contribution >= 0.6 is 23.2 Å². The molecule has 0 unspecified atom stereocenters. The Morgan fingerprint density at radius 1 is 0.900 bits per heavy atom. The fourth-order valence-corrected chi connectivity index (χ4v) is 3.81. The molecule has 0 spiro atoms. The molecule has 9 heteroatoms. The van der Waals surface area contributed by atoms with E-state index in [1.54, 1.807) is 40.1 Å². The third kappa shape index (κ3) is 4.32. The number of halogens is 3. The minimum atomic E-state index is -0.398. The maximum atomic E-state index is 13.4. The lowest BCUT2D eigenvalue weighted by atomic mass is 10.1. The van der Waals surface area contributed by atoms with Crippen molar-refractivity contribution in [2.45, 2.75) is 0 Å². The monoisotopic (exact) mass is 447 g/mol. The molecule has 1 fully saturated rings. The maximum absolute atomic E-state index is 13.4. The second kappa shape index (κ2) is 8.45. The summed E-state index contributed by atoms with van der Waals surface area (Å²) in [5, 5.41) is 4.64. The van der Waals surface area contributed by atoms with Crippen LogP contribution in [0.15, 0.2) is 53.1 Å². The molecule has 1 aliphatic heterocycles. The first-order valence-electron chi connectivity index (χ1n) is 9.18. The number of hydrogen-bond donors (Lipinski definition) is 0. The highest BCUT2D eigenvalue weighted by atomic mass is 35.5. The molecule has 2 heterocycles. The molecule has 0 N–H and O–H groups in total. The van der Waals surface area contributed by atoms with Gasteiger partial charge in [-0.2, -0.15) is 0 Å². The maximum Gasteiger partial charge on any atom is 0.292 e. The van der Waals surface area contributed by atoms with E-state index in [1.807, 2.05) is 0 Å². The van der Waals surface area contributed by atoms with Gasteiger partial charge in [-0.1, -0.05) is 40.5 Å². The molecule has 0 saturated carbocycles. The van der Waals surface area contributed by atoms with Gasteiger partial charge < -0.3 is 14.3 Å². The van der Waals surface area contributed by atoms with Crippen molar-refractivity contribution in [1.82, 2.24) is 15.0 Å². The molecule has 3 aromatic rings. The van der Waals surface area contributed by atoms with Crippen LogP contribution in [0.3, 0.4) is 0 Å². The highest BCUT2D eigenvalue weighted by molar-refractivity contribution is 6.35. The lowest BCUT2D eigenvalue weighted by molar-refractivity contribution is 0.0513. The molecule has 0 atom stereocenters. The number of carbonyl (C=O) groups is 2. The molecule has 1 aromatic heterocycles. The Kier molecular flexibility index (Phi) is 5.74. The molecule has 4 rings (SSSR count). The lowest BCUT2D eigenvalue weighted by Gasteiger charge is -2.34. The summed E-state index contributed by atoms with van der Waals surface area (Å²) in [5.41, 5.74) is 1.31. The molecule has 1 aliphatic rings. The van der Waals surface area contributed by atoms with Crippen molar-refractivity contribution in [1.29, 1.82) is 0 Å². The second-order valence-electron chi connectivity index (χ2n) is 6.83. The normalized spacial score (nSPS) is 14.1. The van der Waals surface area contributed by atoms with Crippen LogP contribution in [0.2, 0.25) is 10.0 Å². The van der Waals surface area contributed by atoms with Crippen molar-refractivity contribution >= 4 is 35.0 Å². The van der Waals surface area contributed by atoms with Gasteiger partial charge in [-0.3, -0.25) is 9.59 Å². The minimum absolute atomic E-state index is 0.0654. The molecule has 30 heavy (non-hydrogen) atoms. The summed E-state index contributed by atoms with van der Waals surface area (Å²) >= 11 is 12.0. The molecule has 1 saturated heterocycles. The Morgan fingerprint density at radius 3 is 2.17 bits per heavy atom. The van der Waals surface area contributed by atoms with Crippen LogP contribution in [0.5, 0.6) is 0 Å². The zero-order chi connectivity index (χ0) is 21.3. The third-order valence-electron chi connectivity index (χ3n) is 4.80. The van der Waals surface area contributed by atoms with Crippen molar-refractivity contribution in [3.8, 4) is 11.3 Å². The summed E-state index contributed by atoms with van der Waals surface area (Å²) in [6.45, 7) is 1.41. The second-order valence-corrected chi connectivity index (χ2v) is 7.70. The molecule has 0 aliphatic carbocycles. The lowest BCUT2D eigenvalue weighted by Crippen LogP contribution is -2.50. The first-order chi connectivity index (χ1) is 14.4. The fourth-order valence-electron chi connectivity index (χ4n) is 3.29. The van der Waals surface area contributed by atoms with Gasteiger partial charge >= 0.3 is 0 Å². The van der Waals surface area contributed by atoms with E-state index in [9.17, 15) is 14.0 Å². The van der Waals surface area contributed by atoms with Gasteiger partial charge in [0.1, 0.15) is 11.5 Å². The SMILES string of the molecule is O=C(c1cc(Cl)cc(Cl)c1)N1CCN(C(=O)c2cc(-c3cccc(F)c3)no2)CC1. The summed E-state index contributed by atoms with van der Waals surface area (Å²) in [4.78, 5) is 28.6. The Labute approximate surface area is 181 Å². The Bertz CT molecular complexity index is 1090. The van der Waals surface area contributed by atoms with Crippen LogP contribution in [0.1, 0.15) is 20.9 Å². The van der Waals surface area contributed by atoms with Crippen molar-refractivity contribution in [3.05, 3.63) is 75.7 Å². The van der Waals surface area contributed by atoms with Crippen molar-refractivity contribution in [3.63, 3.8) is 0 Å². The van der Waals surface area contributed by atoms with Gasteiger partial charge in [0.05, 0.1) is 0 Å². The van der Waals surface area contributed by atoms with E-state index in [1.165, 1.54) is 18.2 Å². The smallest absolute Gasteiger partial charge is 0.292 e. The molecule has 0 radical (unpaired) electrons. The first kappa shape index (κ1) is 20.4. The largest absolute Gasteiger partial charge is 0.350 e. The summed E-state index contributed by atoms with van der Waals surface area (Å²) in [5.74, 6) is -0.858. The molecule has 0 bridgehead atoms. The molecule has 2 amide bonds. The number of hydrogen-bond acceptors (Lipinski definition) is 4. The first-order valence-corrected chi connectivity index (χ1v) is 9.93. The average molecular weight is 448 g/mol. The van der Waals surface area contributed by atoms with Gasteiger partial charge in [-0.05, 0) is 30.3 Å². The third-order valence-corrected chi connectivity index (χ3v) is 5.24. The van der Waals surface area contributed by atoms with Gasteiger partial charge in [-0.15, -0.1) is 0 Å². The van der Waals surface area contributed by atoms with Crippen LogP contribution in [-0.2, 0) is 0 Å². The Balaban J connectivity index is 1.40. The van der Waals surface area contributed by atoms with E-state index in [0.717, 1.165) is 0 Å². The summed E-state index contributed by atoms with van der Waals surface area (Å²) in [6.07, 6.45) is 0. The molecule has 154 valence electrons. The van der Waals surface area contributed by atoms with Crippen LogP contribution in [-0.4, -0.2) is 52.9 Å². The predicted octanol–water partition coefficient (Wildman–Crippen LogP) is 4.39. The number of rotatable bonds is 3.